The molecular formula is C34H34F2N4O5. The average molecular weight is 617 g/mol. The Hall–Kier alpha value is -4.27. The van der Waals surface area contributed by atoms with Gasteiger partial charge in [-0.15, -0.1) is 6.42 Å². The van der Waals surface area contributed by atoms with Gasteiger partial charge in [0.15, 0.2) is 5.82 Å². The first-order chi connectivity index (χ1) is 21.7. The fourth-order valence-electron chi connectivity index (χ4n) is 7.60. The van der Waals surface area contributed by atoms with E-state index in [1.807, 2.05) is 4.90 Å². The highest BCUT2D eigenvalue weighted by atomic mass is 19.1. The SMILES string of the molecule is C#Cc1c(F)ccc2cc(O)cc(-c3oc(=O)c4c(N5CCC(CCO)C5)nc(OC[C@@]56CCCN5C[C@H](F)C6)nc4c3C)c12. The summed E-state index contributed by atoms with van der Waals surface area (Å²) in [6.07, 6.45) is 8.38. The molecule has 5 heterocycles. The largest absolute Gasteiger partial charge is 0.508 e. The summed E-state index contributed by atoms with van der Waals surface area (Å²) in [5, 5.41) is 21.1. The fourth-order valence-corrected chi connectivity index (χ4v) is 7.60. The molecule has 2 aromatic carbocycles. The Kier molecular flexibility index (Phi) is 7.37. The van der Waals surface area contributed by atoms with Crippen LogP contribution < -0.4 is 15.3 Å². The molecule has 0 radical (unpaired) electrons. The average Bonchev–Trinajstić information content (AvgIpc) is 3.72. The molecule has 0 amide bonds. The van der Waals surface area contributed by atoms with Crippen molar-refractivity contribution in [2.45, 2.75) is 50.7 Å². The van der Waals surface area contributed by atoms with E-state index in [4.69, 9.17) is 25.5 Å². The maximum absolute atomic E-state index is 14.9. The van der Waals surface area contributed by atoms with Gasteiger partial charge in [0.2, 0.25) is 0 Å². The molecule has 3 aliphatic heterocycles. The lowest BCUT2D eigenvalue weighted by atomic mass is 9.95. The van der Waals surface area contributed by atoms with E-state index < -0.39 is 23.2 Å². The highest BCUT2D eigenvalue weighted by Crippen LogP contribution is 2.42. The Morgan fingerprint density at radius 3 is 2.87 bits per heavy atom. The molecule has 0 aliphatic carbocycles. The van der Waals surface area contributed by atoms with Crippen molar-refractivity contribution in [2.24, 2.45) is 5.92 Å². The monoisotopic (exact) mass is 616 g/mol. The van der Waals surface area contributed by atoms with E-state index in [2.05, 4.69) is 10.8 Å². The number of phenolic OH excluding ortho intramolecular Hbond substituents is 1. The van der Waals surface area contributed by atoms with Gasteiger partial charge in [-0.05, 0) is 68.7 Å². The van der Waals surface area contributed by atoms with E-state index in [1.54, 1.807) is 6.92 Å². The van der Waals surface area contributed by atoms with Crippen molar-refractivity contribution in [3.63, 3.8) is 0 Å². The van der Waals surface area contributed by atoms with Crippen LogP contribution in [0, 0.1) is 31.0 Å². The van der Waals surface area contributed by atoms with Gasteiger partial charge in [-0.25, -0.2) is 13.6 Å². The molecular weight excluding hydrogens is 582 g/mol. The Bertz CT molecular complexity index is 1920. The number of phenols is 1. The number of anilines is 1. The second-order valence-electron chi connectivity index (χ2n) is 12.5. The number of aromatic nitrogens is 2. The van der Waals surface area contributed by atoms with Crippen molar-refractivity contribution in [1.29, 1.82) is 0 Å². The van der Waals surface area contributed by atoms with Gasteiger partial charge in [-0.3, -0.25) is 4.90 Å². The van der Waals surface area contributed by atoms with E-state index in [1.165, 1.54) is 24.3 Å². The summed E-state index contributed by atoms with van der Waals surface area (Å²) in [7, 11) is 0. The summed E-state index contributed by atoms with van der Waals surface area (Å²) >= 11 is 0. The lowest BCUT2D eigenvalue weighted by molar-refractivity contribution is 0.107. The number of hydrogen-bond donors (Lipinski definition) is 2. The van der Waals surface area contributed by atoms with Crippen molar-refractivity contribution in [1.82, 2.24) is 14.9 Å². The minimum atomic E-state index is -0.917. The molecule has 3 aliphatic rings. The quantitative estimate of drug-likeness (QED) is 0.286. The number of rotatable bonds is 7. The summed E-state index contributed by atoms with van der Waals surface area (Å²) in [5.74, 6) is 2.34. The van der Waals surface area contributed by atoms with Gasteiger partial charge < -0.3 is 24.3 Å². The molecule has 0 spiro atoms. The van der Waals surface area contributed by atoms with Gasteiger partial charge >= 0.3 is 11.6 Å². The summed E-state index contributed by atoms with van der Waals surface area (Å²) in [6.45, 7) is 4.39. The molecule has 1 unspecified atom stereocenters. The Morgan fingerprint density at radius 2 is 2.07 bits per heavy atom. The third kappa shape index (κ3) is 4.96. The van der Waals surface area contributed by atoms with Crippen molar-refractivity contribution in [3.8, 4) is 35.4 Å². The highest BCUT2D eigenvalue weighted by Gasteiger charge is 2.49. The number of aromatic hydroxyl groups is 1. The Morgan fingerprint density at radius 1 is 1.22 bits per heavy atom. The standard InChI is InChI=1S/C34H34F2N4O5/c1-3-24-26(36)6-5-21-13-23(42)14-25(27(21)24)30-19(2)29-28(32(43)45-30)31(39-11-7-20(16-39)8-12-41)38-33(37-29)44-18-34-9-4-10-40(34)17-22(35)15-34/h1,5-6,13-14,20,22,41-42H,4,7-12,15-18H2,2H3/t20?,22-,34+/m1/s1. The zero-order valence-corrected chi connectivity index (χ0v) is 25.0. The Labute approximate surface area is 258 Å². The third-order valence-corrected chi connectivity index (χ3v) is 9.76. The highest BCUT2D eigenvalue weighted by molar-refractivity contribution is 6.03. The topological polar surface area (TPSA) is 112 Å². The summed E-state index contributed by atoms with van der Waals surface area (Å²) in [4.78, 5) is 27.4. The normalized spacial score (nSPS) is 23.2. The fraction of sp³-hybridized carbons (Fsp3) is 0.441. The second kappa shape index (κ2) is 11.3. The molecule has 0 saturated carbocycles. The van der Waals surface area contributed by atoms with Crippen LogP contribution in [0.15, 0.2) is 33.5 Å². The van der Waals surface area contributed by atoms with Crippen LogP contribution in [0.3, 0.4) is 0 Å². The number of aliphatic hydroxyl groups is 1. The first kappa shape index (κ1) is 29.4. The van der Waals surface area contributed by atoms with Crippen molar-refractivity contribution in [3.05, 3.63) is 51.6 Å². The summed E-state index contributed by atoms with van der Waals surface area (Å²) in [6, 6.07) is 5.64. The van der Waals surface area contributed by atoms with Crippen LogP contribution >= 0.6 is 0 Å². The van der Waals surface area contributed by atoms with Gasteiger partial charge in [0, 0.05) is 49.2 Å². The van der Waals surface area contributed by atoms with E-state index in [0.717, 1.165) is 25.8 Å². The molecule has 234 valence electrons. The van der Waals surface area contributed by atoms with E-state index in [-0.39, 0.29) is 58.7 Å². The van der Waals surface area contributed by atoms with Crippen LogP contribution in [0.25, 0.3) is 33.0 Å². The molecule has 2 N–H and O–H groups in total. The number of benzene rings is 2. The number of nitrogens with zero attached hydrogens (tertiary/aromatic N) is 4. The lowest BCUT2D eigenvalue weighted by Crippen LogP contribution is -2.43. The maximum atomic E-state index is 14.9. The first-order valence-corrected chi connectivity index (χ1v) is 15.4. The first-order valence-electron chi connectivity index (χ1n) is 15.4. The van der Waals surface area contributed by atoms with Gasteiger partial charge in [0.1, 0.15) is 35.5 Å². The van der Waals surface area contributed by atoms with Crippen LogP contribution in [0.1, 0.15) is 43.2 Å². The van der Waals surface area contributed by atoms with Crippen LogP contribution in [-0.2, 0) is 0 Å². The predicted octanol–water partition coefficient (Wildman–Crippen LogP) is 4.70. The zero-order valence-electron chi connectivity index (χ0n) is 25.0. The van der Waals surface area contributed by atoms with Gasteiger partial charge in [-0.2, -0.15) is 9.97 Å². The number of hydrogen-bond acceptors (Lipinski definition) is 9. The molecule has 3 atom stereocenters. The predicted molar refractivity (Wildman–Crippen MR) is 166 cm³/mol. The van der Waals surface area contributed by atoms with Gasteiger partial charge in [0.05, 0.1) is 16.6 Å². The number of halogens is 2. The second-order valence-corrected chi connectivity index (χ2v) is 12.5. The van der Waals surface area contributed by atoms with E-state index in [0.29, 0.717) is 54.6 Å². The smallest absolute Gasteiger partial charge is 0.349 e. The van der Waals surface area contributed by atoms with Crippen molar-refractivity contribution < 1.29 is 28.1 Å². The third-order valence-electron chi connectivity index (χ3n) is 9.76. The van der Waals surface area contributed by atoms with Crippen LogP contribution in [0.2, 0.25) is 0 Å². The van der Waals surface area contributed by atoms with Crippen LogP contribution in [0.4, 0.5) is 14.6 Å². The van der Waals surface area contributed by atoms with Gasteiger partial charge in [-0.1, -0.05) is 12.0 Å². The molecule has 7 rings (SSSR count). The summed E-state index contributed by atoms with van der Waals surface area (Å²) in [5.41, 5.74) is -0.159. The number of ether oxygens (including phenoxy) is 1. The van der Waals surface area contributed by atoms with Crippen LogP contribution in [-0.4, -0.2) is 76.2 Å². The molecule has 0 bridgehead atoms. The summed E-state index contributed by atoms with van der Waals surface area (Å²) < 4.78 is 41.5. The number of aliphatic hydroxyl groups excluding tert-OH is 1. The van der Waals surface area contributed by atoms with Gasteiger partial charge in [0.25, 0.3) is 0 Å². The Balaban J connectivity index is 1.40. The van der Waals surface area contributed by atoms with E-state index >= 15 is 0 Å². The molecule has 45 heavy (non-hydrogen) atoms. The minimum Gasteiger partial charge on any atom is -0.508 e. The number of aryl methyl sites for hydroxylation is 1. The number of fused-ring (bicyclic) bond motifs is 3. The minimum absolute atomic E-state index is 0.0212. The maximum Gasteiger partial charge on any atom is 0.349 e. The molecule has 4 aromatic rings. The molecule has 11 heteroatoms. The molecule has 2 aromatic heterocycles. The molecule has 9 nitrogen and oxygen atoms in total. The number of alkyl halides is 1. The molecule has 3 saturated heterocycles. The molecule has 3 fully saturated rings. The van der Waals surface area contributed by atoms with Crippen molar-refractivity contribution >= 4 is 27.5 Å². The number of terminal acetylenes is 1. The van der Waals surface area contributed by atoms with E-state index in [9.17, 15) is 23.8 Å². The lowest BCUT2D eigenvalue weighted by Gasteiger charge is -2.31. The zero-order chi connectivity index (χ0) is 31.5. The van der Waals surface area contributed by atoms with Crippen LogP contribution in [0.5, 0.6) is 11.8 Å². The van der Waals surface area contributed by atoms with Crippen molar-refractivity contribution in [2.75, 3.05) is 44.3 Å².